The van der Waals surface area contributed by atoms with Gasteiger partial charge in [-0.1, -0.05) is 31.4 Å². The third-order valence-electron chi connectivity index (χ3n) is 4.10. The molecular weight excluding hydrogens is 354 g/mol. The number of hydrogen-bond acceptors (Lipinski definition) is 4. The van der Waals surface area contributed by atoms with Crippen molar-refractivity contribution in [3.8, 4) is 11.3 Å². The molecule has 0 N–H and O–H groups in total. The van der Waals surface area contributed by atoms with Crippen LogP contribution in [0.25, 0.3) is 11.3 Å². The second-order valence-electron chi connectivity index (χ2n) is 6.05. The van der Waals surface area contributed by atoms with Crippen LogP contribution in [0, 0.1) is 0 Å². The lowest BCUT2D eigenvalue weighted by Gasteiger charge is -2.13. The first-order chi connectivity index (χ1) is 12.6. The summed E-state index contributed by atoms with van der Waals surface area (Å²) in [7, 11) is 0. The Hall–Kier alpha value is -2.60. The number of imide groups is 1. The molecule has 3 rings (SSSR count). The van der Waals surface area contributed by atoms with E-state index in [0.29, 0.717) is 23.1 Å². The van der Waals surface area contributed by atoms with Gasteiger partial charge < -0.3 is 4.42 Å². The Morgan fingerprint density at radius 2 is 1.92 bits per heavy atom. The number of hydrogen-bond donors (Lipinski definition) is 0. The van der Waals surface area contributed by atoms with E-state index < -0.39 is 0 Å². The minimum atomic E-state index is -0.383. The Morgan fingerprint density at radius 3 is 2.65 bits per heavy atom. The summed E-state index contributed by atoms with van der Waals surface area (Å²) in [6.07, 6.45) is 4.28. The lowest BCUT2D eigenvalue weighted by molar-refractivity contribution is -0.125. The van der Waals surface area contributed by atoms with Crippen LogP contribution in [0.2, 0.25) is 5.02 Å². The molecule has 0 spiro atoms. The Morgan fingerprint density at radius 1 is 1.15 bits per heavy atom. The molecule has 2 aromatic rings. The SMILES string of the molecule is CCCCCN1C(=O)CN(N=Cc2ccc(-c3ccc(Cl)cc3)o2)C1=O. The van der Waals surface area contributed by atoms with Gasteiger partial charge in [-0.2, -0.15) is 5.10 Å². The van der Waals surface area contributed by atoms with Crippen LogP contribution in [0.4, 0.5) is 4.79 Å². The molecule has 0 atom stereocenters. The van der Waals surface area contributed by atoms with Crippen LogP contribution in [0.15, 0.2) is 45.9 Å². The van der Waals surface area contributed by atoms with Crippen LogP contribution in [-0.4, -0.2) is 41.2 Å². The fraction of sp³-hybridized carbons (Fsp3) is 0.316. The number of hydrazone groups is 1. The van der Waals surface area contributed by atoms with Gasteiger partial charge in [0.2, 0.25) is 0 Å². The average Bonchev–Trinajstić information content (AvgIpc) is 3.20. The molecule has 0 radical (unpaired) electrons. The molecule has 6 nitrogen and oxygen atoms in total. The fourth-order valence-electron chi connectivity index (χ4n) is 2.68. The van der Waals surface area contributed by atoms with Gasteiger partial charge in [-0.25, -0.2) is 9.80 Å². The normalized spacial score (nSPS) is 14.8. The smallest absolute Gasteiger partial charge is 0.347 e. The number of amides is 3. The molecule has 136 valence electrons. The highest BCUT2D eigenvalue weighted by molar-refractivity contribution is 6.30. The third-order valence-corrected chi connectivity index (χ3v) is 4.35. The maximum atomic E-state index is 12.3. The van der Waals surface area contributed by atoms with Crippen molar-refractivity contribution < 1.29 is 14.0 Å². The predicted molar refractivity (Wildman–Crippen MR) is 100 cm³/mol. The maximum absolute atomic E-state index is 12.3. The summed E-state index contributed by atoms with van der Waals surface area (Å²) >= 11 is 5.88. The molecule has 0 bridgehead atoms. The summed E-state index contributed by atoms with van der Waals surface area (Å²) in [5.74, 6) is 0.956. The average molecular weight is 374 g/mol. The minimum Gasteiger partial charge on any atom is -0.455 e. The number of nitrogens with zero attached hydrogens (tertiary/aromatic N) is 3. The molecule has 0 aliphatic carbocycles. The molecule has 2 heterocycles. The Bertz CT molecular complexity index is 814. The molecule has 1 fully saturated rings. The van der Waals surface area contributed by atoms with Crippen LogP contribution in [-0.2, 0) is 4.79 Å². The highest BCUT2D eigenvalue weighted by Crippen LogP contribution is 2.23. The van der Waals surface area contributed by atoms with Crippen molar-refractivity contribution in [1.82, 2.24) is 9.91 Å². The van der Waals surface area contributed by atoms with Crippen molar-refractivity contribution in [2.75, 3.05) is 13.1 Å². The van der Waals surface area contributed by atoms with Gasteiger partial charge in [-0.15, -0.1) is 0 Å². The van der Waals surface area contributed by atoms with Gasteiger partial charge >= 0.3 is 6.03 Å². The van der Waals surface area contributed by atoms with E-state index in [4.69, 9.17) is 16.0 Å². The third kappa shape index (κ3) is 4.14. The maximum Gasteiger partial charge on any atom is 0.347 e. The number of carbonyl (C=O) groups is 2. The molecule has 7 heteroatoms. The molecule has 1 aromatic carbocycles. The van der Waals surface area contributed by atoms with Gasteiger partial charge in [0.05, 0.1) is 6.21 Å². The second kappa shape index (κ2) is 8.19. The zero-order valence-electron chi connectivity index (χ0n) is 14.5. The highest BCUT2D eigenvalue weighted by atomic mass is 35.5. The summed E-state index contributed by atoms with van der Waals surface area (Å²) in [4.78, 5) is 25.5. The number of urea groups is 1. The first kappa shape index (κ1) is 18.2. The van der Waals surface area contributed by atoms with E-state index in [9.17, 15) is 9.59 Å². The van der Waals surface area contributed by atoms with Crippen molar-refractivity contribution in [1.29, 1.82) is 0 Å². The van der Waals surface area contributed by atoms with Gasteiger partial charge in [-0.05, 0) is 42.8 Å². The van der Waals surface area contributed by atoms with E-state index in [0.717, 1.165) is 24.8 Å². The van der Waals surface area contributed by atoms with Crippen LogP contribution < -0.4 is 0 Å². The number of furan rings is 1. The summed E-state index contributed by atoms with van der Waals surface area (Å²) in [6.45, 7) is 2.48. The van der Waals surface area contributed by atoms with Crippen molar-refractivity contribution in [3.05, 3.63) is 47.2 Å². The van der Waals surface area contributed by atoms with Crippen molar-refractivity contribution in [3.63, 3.8) is 0 Å². The van der Waals surface area contributed by atoms with E-state index in [1.54, 1.807) is 18.2 Å². The largest absolute Gasteiger partial charge is 0.455 e. The number of carbonyl (C=O) groups excluding carboxylic acids is 2. The summed E-state index contributed by atoms with van der Waals surface area (Å²) < 4.78 is 5.71. The lowest BCUT2D eigenvalue weighted by Crippen LogP contribution is -2.32. The second-order valence-corrected chi connectivity index (χ2v) is 6.48. The zero-order valence-corrected chi connectivity index (χ0v) is 15.3. The first-order valence-corrected chi connectivity index (χ1v) is 8.98. The van der Waals surface area contributed by atoms with Crippen LogP contribution in [0.5, 0.6) is 0 Å². The van der Waals surface area contributed by atoms with Gasteiger partial charge in [0.25, 0.3) is 5.91 Å². The van der Waals surface area contributed by atoms with Gasteiger partial charge in [0.15, 0.2) is 0 Å². The van der Waals surface area contributed by atoms with Gasteiger partial charge in [0.1, 0.15) is 18.1 Å². The topological polar surface area (TPSA) is 66.1 Å². The highest BCUT2D eigenvalue weighted by Gasteiger charge is 2.35. The van der Waals surface area contributed by atoms with Crippen LogP contribution in [0.3, 0.4) is 0 Å². The quantitative estimate of drug-likeness (QED) is 0.410. The van der Waals surface area contributed by atoms with Crippen LogP contribution >= 0.6 is 11.6 Å². The van der Waals surface area contributed by atoms with Crippen molar-refractivity contribution >= 4 is 29.8 Å². The van der Waals surface area contributed by atoms with E-state index >= 15 is 0 Å². The predicted octanol–water partition coefficient (Wildman–Crippen LogP) is 4.39. The molecule has 0 unspecified atom stereocenters. The van der Waals surface area contributed by atoms with Crippen molar-refractivity contribution in [2.24, 2.45) is 5.10 Å². The molecule has 1 aliphatic heterocycles. The summed E-state index contributed by atoms with van der Waals surface area (Å²) in [5, 5.41) is 5.93. The molecule has 1 aliphatic rings. The lowest BCUT2D eigenvalue weighted by atomic mass is 10.2. The van der Waals surface area contributed by atoms with Crippen molar-refractivity contribution in [2.45, 2.75) is 26.2 Å². The Labute approximate surface area is 157 Å². The van der Waals surface area contributed by atoms with Crippen LogP contribution in [0.1, 0.15) is 31.9 Å². The number of unbranched alkanes of at least 4 members (excludes halogenated alkanes) is 2. The number of halogens is 1. The van der Waals surface area contributed by atoms with E-state index in [1.165, 1.54) is 16.1 Å². The Balaban J connectivity index is 1.64. The summed E-state index contributed by atoms with van der Waals surface area (Å²) in [5.41, 5.74) is 0.892. The fourth-order valence-corrected chi connectivity index (χ4v) is 2.80. The van der Waals surface area contributed by atoms with Gasteiger partial charge in [0, 0.05) is 17.1 Å². The molecule has 1 aromatic heterocycles. The first-order valence-electron chi connectivity index (χ1n) is 8.60. The number of rotatable bonds is 7. The standard InChI is InChI=1S/C19H20ClN3O3/c1-2-3-4-11-22-18(24)13-23(19(22)25)21-12-16-9-10-17(26-16)14-5-7-15(20)8-6-14/h5-10,12H,2-4,11,13H2,1H3. The van der Waals surface area contributed by atoms with E-state index in [2.05, 4.69) is 12.0 Å². The van der Waals surface area contributed by atoms with E-state index in [1.807, 2.05) is 18.2 Å². The monoisotopic (exact) mass is 373 g/mol. The number of benzene rings is 1. The molecular formula is C19H20ClN3O3. The minimum absolute atomic E-state index is 0.0355. The van der Waals surface area contributed by atoms with Gasteiger partial charge in [-0.3, -0.25) is 9.69 Å². The molecule has 3 amide bonds. The van der Waals surface area contributed by atoms with E-state index in [-0.39, 0.29) is 18.5 Å². The molecule has 26 heavy (non-hydrogen) atoms. The molecule has 1 saturated heterocycles. The summed E-state index contributed by atoms with van der Waals surface area (Å²) in [6, 6.07) is 10.5. The molecule has 0 saturated carbocycles. The zero-order chi connectivity index (χ0) is 18.5. The Kier molecular flexibility index (Phi) is 5.73.